The molecule has 6 heteroatoms. The van der Waals surface area contributed by atoms with Crippen LogP contribution in [0.4, 0.5) is 0 Å². The van der Waals surface area contributed by atoms with Crippen molar-refractivity contribution >= 4 is 32.6 Å². The van der Waals surface area contributed by atoms with Gasteiger partial charge >= 0.3 is 0 Å². The minimum Gasteiger partial charge on any atom is -0.378 e. The van der Waals surface area contributed by atoms with E-state index in [-0.39, 0.29) is 24.5 Å². The Bertz CT molecular complexity index is 278. The molecular weight excluding hydrogens is 341 g/mol. The minimum absolute atomic E-state index is 0.00431. The molecule has 0 bridgehead atoms. The van der Waals surface area contributed by atoms with Crippen molar-refractivity contribution in [2.75, 3.05) is 16.8 Å². The van der Waals surface area contributed by atoms with Gasteiger partial charge in [0.1, 0.15) is 0 Å². The first-order valence-electron chi connectivity index (χ1n) is 5.46. The van der Waals surface area contributed by atoms with Crippen LogP contribution in [-0.4, -0.2) is 37.4 Å². The van der Waals surface area contributed by atoms with Crippen molar-refractivity contribution in [2.24, 2.45) is 5.92 Å². The van der Waals surface area contributed by atoms with Crippen molar-refractivity contribution in [1.82, 2.24) is 4.72 Å². The molecule has 0 aromatic heterocycles. The van der Waals surface area contributed by atoms with E-state index >= 15 is 0 Å². The molecule has 0 saturated carbocycles. The largest absolute Gasteiger partial charge is 0.378 e. The number of sulfonamides is 1. The Morgan fingerprint density at radius 1 is 1.25 bits per heavy atom. The van der Waals surface area contributed by atoms with E-state index in [1.807, 2.05) is 27.7 Å². The Labute approximate surface area is 113 Å². The van der Waals surface area contributed by atoms with Crippen molar-refractivity contribution in [1.29, 1.82) is 0 Å². The maximum atomic E-state index is 11.7. The molecule has 0 saturated heterocycles. The summed E-state index contributed by atoms with van der Waals surface area (Å²) >= 11 is 2.19. The molecule has 16 heavy (non-hydrogen) atoms. The lowest BCUT2D eigenvalue weighted by molar-refractivity contribution is 0.0911. The topological polar surface area (TPSA) is 55.4 Å². The van der Waals surface area contributed by atoms with Crippen LogP contribution in [0, 0.1) is 5.92 Å². The molecule has 1 N–H and O–H groups in total. The highest BCUT2D eigenvalue weighted by Crippen LogP contribution is 2.06. The molecule has 1 atom stereocenters. The van der Waals surface area contributed by atoms with Gasteiger partial charge in [0.2, 0.25) is 10.0 Å². The van der Waals surface area contributed by atoms with Crippen LogP contribution in [0.2, 0.25) is 0 Å². The summed E-state index contributed by atoms with van der Waals surface area (Å²) in [5.41, 5.74) is 0. The fourth-order valence-corrected chi connectivity index (χ4v) is 3.82. The molecule has 0 heterocycles. The molecule has 1 unspecified atom stereocenters. The van der Waals surface area contributed by atoms with E-state index in [0.29, 0.717) is 5.92 Å². The summed E-state index contributed by atoms with van der Waals surface area (Å²) < 4.78 is 32.1. The zero-order valence-corrected chi connectivity index (χ0v) is 13.3. The van der Waals surface area contributed by atoms with Gasteiger partial charge in [-0.3, -0.25) is 0 Å². The van der Waals surface area contributed by atoms with Gasteiger partial charge in [-0.15, -0.1) is 0 Å². The quantitative estimate of drug-likeness (QED) is 0.529. The lowest BCUT2D eigenvalue weighted by atomic mass is 10.1. The molecular formula is C10H22INO3S. The normalized spacial score (nSPS) is 14.7. The summed E-state index contributed by atoms with van der Waals surface area (Å²) in [5, 5.41) is 0. The average Bonchev–Trinajstić information content (AvgIpc) is 2.12. The summed E-state index contributed by atoms with van der Waals surface area (Å²) in [4.78, 5) is 0. The smallest absolute Gasteiger partial charge is 0.214 e. The van der Waals surface area contributed by atoms with Crippen molar-refractivity contribution in [3.63, 3.8) is 0 Å². The highest BCUT2D eigenvalue weighted by molar-refractivity contribution is 14.1. The molecule has 0 amide bonds. The van der Waals surface area contributed by atoms with Crippen molar-refractivity contribution < 1.29 is 13.2 Å². The molecule has 0 aliphatic heterocycles. The second kappa shape index (κ2) is 7.84. The van der Waals surface area contributed by atoms with Gasteiger partial charge in [-0.25, -0.2) is 13.1 Å². The third kappa shape index (κ3) is 7.81. The van der Waals surface area contributed by atoms with E-state index in [1.54, 1.807) is 0 Å². The molecule has 0 spiro atoms. The monoisotopic (exact) mass is 363 g/mol. The molecule has 0 aliphatic carbocycles. The maximum absolute atomic E-state index is 11.7. The summed E-state index contributed by atoms with van der Waals surface area (Å²) in [6.07, 6.45) is 0.0701. The lowest BCUT2D eigenvalue weighted by Crippen LogP contribution is -2.41. The first-order chi connectivity index (χ1) is 7.28. The average molecular weight is 363 g/mol. The summed E-state index contributed by atoms with van der Waals surface area (Å²) in [6.45, 7) is 8.05. The minimum atomic E-state index is -3.21. The van der Waals surface area contributed by atoms with Gasteiger partial charge in [-0.05, 0) is 19.8 Å². The summed E-state index contributed by atoms with van der Waals surface area (Å²) in [7, 11) is -3.21. The van der Waals surface area contributed by atoms with Crippen LogP contribution in [-0.2, 0) is 14.8 Å². The Morgan fingerprint density at radius 2 is 1.81 bits per heavy atom. The Hall–Kier alpha value is 0.600. The molecule has 98 valence electrons. The molecule has 0 radical (unpaired) electrons. The Morgan fingerprint density at radius 3 is 2.19 bits per heavy atom. The third-order valence-electron chi connectivity index (χ3n) is 2.11. The summed E-state index contributed by atoms with van der Waals surface area (Å²) in [6, 6.07) is 0.00431. The van der Waals surface area contributed by atoms with Crippen LogP contribution >= 0.6 is 22.6 Å². The Balaban J connectivity index is 4.13. The fourth-order valence-electron chi connectivity index (χ4n) is 1.03. The van der Waals surface area contributed by atoms with E-state index in [9.17, 15) is 8.42 Å². The highest BCUT2D eigenvalue weighted by Gasteiger charge is 2.19. The van der Waals surface area contributed by atoms with Gasteiger partial charge in [0.25, 0.3) is 0 Å². The van der Waals surface area contributed by atoms with Gasteiger partial charge < -0.3 is 4.74 Å². The van der Waals surface area contributed by atoms with Crippen LogP contribution in [0.15, 0.2) is 0 Å². The van der Waals surface area contributed by atoms with Gasteiger partial charge in [-0.1, -0.05) is 36.4 Å². The van der Waals surface area contributed by atoms with E-state index in [2.05, 4.69) is 27.3 Å². The molecule has 0 aromatic rings. The number of rotatable bonds is 8. The molecule has 0 aromatic carbocycles. The molecule has 0 fully saturated rings. The maximum Gasteiger partial charge on any atom is 0.214 e. The fraction of sp³-hybridized carbons (Fsp3) is 1.00. The van der Waals surface area contributed by atoms with Gasteiger partial charge in [0.05, 0.1) is 18.5 Å². The zero-order valence-electron chi connectivity index (χ0n) is 10.4. The number of hydrogen-bond donors (Lipinski definition) is 1. The summed E-state index contributed by atoms with van der Waals surface area (Å²) in [5.74, 6) is 0.336. The highest BCUT2D eigenvalue weighted by atomic mass is 127. The molecule has 4 nitrogen and oxygen atoms in total. The van der Waals surface area contributed by atoms with Gasteiger partial charge in [0.15, 0.2) is 0 Å². The first kappa shape index (κ1) is 16.6. The number of halogens is 1. The molecule has 0 rings (SSSR count). The Kier molecular flexibility index (Phi) is 8.13. The van der Waals surface area contributed by atoms with Gasteiger partial charge in [-0.2, -0.15) is 0 Å². The van der Waals surface area contributed by atoms with Crippen LogP contribution in [0.25, 0.3) is 0 Å². The number of alkyl halides is 1. The van der Waals surface area contributed by atoms with E-state index in [0.717, 1.165) is 4.43 Å². The van der Waals surface area contributed by atoms with Crippen molar-refractivity contribution in [2.45, 2.75) is 39.8 Å². The second-order valence-electron chi connectivity index (χ2n) is 4.36. The predicted octanol–water partition coefficient (Wildman–Crippen LogP) is 1.79. The standard InChI is InChI=1S/C10H22INO3S/c1-8(2)10(7-11)12-16(13,14)6-5-15-9(3)4/h8-10,12H,5-7H2,1-4H3. The van der Waals surface area contributed by atoms with E-state index < -0.39 is 10.0 Å². The predicted molar refractivity (Wildman–Crippen MR) is 75.5 cm³/mol. The van der Waals surface area contributed by atoms with Gasteiger partial charge in [0, 0.05) is 10.5 Å². The van der Waals surface area contributed by atoms with E-state index in [4.69, 9.17) is 4.74 Å². The number of hydrogen-bond acceptors (Lipinski definition) is 3. The number of ether oxygens (including phenoxy) is 1. The lowest BCUT2D eigenvalue weighted by Gasteiger charge is -2.20. The van der Waals surface area contributed by atoms with Crippen molar-refractivity contribution in [3.8, 4) is 0 Å². The van der Waals surface area contributed by atoms with Crippen LogP contribution in [0.5, 0.6) is 0 Å². The third-order valence-corrected chi connectivity index (χ3v) is 4.42. The number of nitrogens with one attached hydrogen (secondary N) is 1. The van der Waals surface area contributed by atoms with Crippen LogP contribution in [0.3, 0.4) is 0 Å². The van der Waals surface area contributed by atoms with E-state index in [1.165, 1.54) is 0 Å². The second-order valence-corrected chi connectivity index (χ2v) is 7.12. The SMILES string of the molecule is CC(C)OCCS(=O)(=O)NC(CI)C(C)C. The van der Waals surface area contributed by atoms with Crippen molar-refractivity contribution in [3.05, 3.63) is 0 Å². The first-order valence-corrected chi connectivity index (χ1v) is 8.64. The molecule has 0 aliphatic rings. The van der Waals surface area contributed by atoms with Crippen LogP contribution < -0.4 is 4.72 Å². The van der Waals surface area contributed by atoms with Crippen LogP contribution in [0.1, 0.15) is 27.7 Å². The zero-order chi connectivity index (χ0) is 12.8.